The molecular weight excluding hydrogens is 208 g/mol. The van der Waals surface area contributed by atoms with Crippen molar-refractivity contribution in [1.82, 2.24) is 10.3 Å². The summed E-state index contributed by atoms with van der Waals surface area (Å²) in [5.74, 6) is 0.784. The number of rotatable bonds is 2. The molecule has 2 heteroatoms. The summed E-state index contributed by atoms with van der Waals surface area (Å²) in [5.41, 5.74) is 2.47. The van der Waals surface area contributed by atoms with Crippen molar-refractivity contribution >= 4 is 10.9 Å². The molecule has 2 aromatic rings. The van der Waals surface area contributed by atoms with Crippen molar-refractivity contribution in [3.05, 3.63) is 42.1 Å². The summed E-state index contributed by atoms with van der Waals surface area (Å²) in [4.78, 5) is 4.53. The highest BCUT2D eigenvalue weighted by Gasteiger charge is 2.13. The van der Waals surface area contributed by atoms with Crippen LogP contribution in [0.2, 0.25) is 0 Å². The smallest absolute Gasteiger partial charge is 0.0702 e. The number of nitrogens with zero attached hydrogens (tertiary/aromatic N) is 1. The SMILES string of the molecule is c1ccc2ncc(C[C@@H]3CCCNC3)cc2c1. The number of hydrogen-bond acceptors (Lipinski definition) is 2. The Morgan fingerprint density at radius 1 is 1.29 bits per heavy atom. The highest BCUT2D eigenvalue weighted by atomic mass is 14.9. The van der Waals surface area contributed by atoms with E-state index in [9.17, 15) is 0 Å². The lowest BCUT2D eigenvalue weighted by Crippen LogP contribution is -2.30. The average Bonchev–Trinajstić information content (AvgIpc) is 2.40. The van der Waals surface area contributed by atoms with Crippen molar-refractivity contribution in [3.63, 3.8) is 0 Å². The fraction of sp³-hybridized carbons (Fsp3) is 0.400. The van der Waals surface area contributed by atoms with E-state index in [-0.39, 0.29) is 0 Å². The van der Waals surface area contributed by atoms with Gasteiger partial charge in [0.05, 0.1) is 5.52 Å². The molecule has 1 saturated heterocycles. The van der Waals surface area contributed by atoms with Crippen LogP contribution in [0.4, 0.5) is 0 Å². The van der Waals surface area contributed by atoms with Crippen LogP contribution in [-0.4, -0.2) is 18.1 Å². The number of pyridine rings is 1. The van der Waals surface area contributed by atoms with Crippen molar-refractivity contribution in [2.75, 3.05) is 13.1 Å². The Bertz CT molecular complexity index is 501. The zero-order chi connectivity index (χ0) is 11.5. The third kappa shape index (κ3) is 2.47. The third-order valence-corrected chi connectivity index (χ3v) is 3.57. The van der Waals surface area contributed by atoms with Gasteiger partial charge in [-0.25, -0.2) is 0 Å². The second-order valence-corrected chi connectivity index (χ2v) is 4.95. The van der Waals surface area contributed by atoms with Gasteiger partial charge in [-0.1, -0.05) is 18.2 Å². The predicted molar refractivity (Wildman–Crippen MR) is 71.0 cm³/mol. The van der Waals surface area contributed by atoms with Crippen molar-refractivity contribution in [2.24, 2.45) is 5.92 Å². The molecule has 0 amide bonds. The van der Waals surface area contributed by atoms with Crippen LogP contribution < -0.4 is 5.32 Å². The van der Waals surface area contributed by atoms with Crippen molar-refractivity contribution in [2.45, 2.75) is 19.3 Å². The normalized spacial score (nSPS) is 20.6. The van der Waals surface area contributed by atoms with E-state index in [1.165, 1.54) is 30.3 Å². The number of para-hydroxylation sites is 1. The minimum atomic E-state index is 0.784. The van der Waals surface area contributed by atoms with E-state index in [0.29, 0.717) is 0 Å². The lowest BCUT2D eigenvalue weighted by molar-refractivity contribution is 0.376. The van der Waals surface area contributed by atoms with E-state index in [4.69, 9.17) is 0 Å². The van der Waals surface area contributed by atoms with Gasteiger partial charge in [0.15, 0.2) is 0 Å². The monoisotopic (exact) mass is 226 g/mol. The van der Waals surface area contributed by atoms with Crippen molar-refractivity contribution < 1.29 is 0 Å². The van der Waals surface area contributed by atoms with Crippen LogP contribution in [-0.2, 0) is 6.42 Å². The standard InChI is InChI=1S/C15H18N2/c1-2-6-15-14(5-1)9-13(11-17-15)8-12-4-3-7-16-10-12/h1-2,5-6,9,11-12,16H,3-4,7-8,10H2/t12-/m0/s1. The van der Waals surface area contributed by atoms with E-state index in [1.54, 1.807) is 0 Å². The second kappa shape index (κ2) is 4.84. The molecule has 1 aromatic heterocycles. The number of nitrogens with one attached hydrogen (secondary N) is 1. The largest absolute Gasteiger partial charge is 0.316 e. The maximum absolute atomic E-state index is 4.53. The number of aromatic nitrogens is 1. The van der Waals surface area contributed by atoms with E-state index in [0.717, 1.165) is 24.4 Å². The Morgan fingerprint density at radius 3 is 3.12 bits per heavy atom. The van der Waals surface area contributed by atoms with Gasteiger partial charge in [0.2, 0.25) is 0 Å². The highest BCUT2D eigenvalue weighted by Crippen LogP contribution is 2.19. The molecule has 1 aromatic carbocycles. The summed E-state index contributed by atoms with van der Waals surface area (Å²) in [7, 11) is 0. The molecule has 0 spiro atoms. The maximum atomic E-state index is 4.53. The van der Waals surface area contributed by atoms with Gasteiger partial charge in [0.1, 0.15) is 0 Å². The Labute approximate surface area is 102 Å². The Morgan fingerprint density at radius 2 is 2.24 bits per heavy atom. The first-order chi connectivity index (χ1) is 8.42. The van der Waals surface area contributed by atoms with Gasteiger partial charge >= 0.3 is 0 Å². The average molecular weight is 226 g/mol. The van der Waals surface area contributed by atoms with Crippen LogP contribution in [0.15, 0.2) is 36.5 Å². The number of hydrogen-bond donors (Lipinski definition) is 1. The topological polar surface area (TPSA) is 24.9 Å². The summed E-state index contributed by atoms with van der Waals surface area (Å²) < 4.78 is 0. The minimum absolute atomic E-state index is 0.784. The van der Waals surface area contributed by atoms with E-state index >= 15 is 0 Å². The van der Waals surface area contributed by atoms with Gasteiger partial charge in [-0.3, -0.25) is 4.98 Å². The van der Waals surface area contributed by atoms with Crippen LogP contribution in [0, 0.1) is 5.92 Å². The van der Waals surface area contributed by atoms with Crippen LogP contribution >= 0.6 is 0 Å². The Balaban J connectivity index is 1.80. The molecule has 0 unspecified atom stereocenters. The summed E-state index contributed by atoms with van der Waals surface area (Å²) >= 11 is 0. The number of benzene rings is 1. The van der Waals surface area contributed by atoms with Gasteiger partial charge in [-0.2, -0.15) is 0 Å². The summed E-state index contributed by atoms with van der Waals surface area (Å²) in [6.45, 7) is 2.35. The molecule has 2 heterocycles. The number of fused-ring (bicyclic) bond motifs is 1. The quantitative estimate of drug-likeness (QED) is 0.851. The summed E-state index contributed by atoms with van der Waals surface area (Å²) in [5, 5.41) is 4.73. The maximum Gasteiger partial charge on any atom is 0.0702 e. The minimum Gasteiger partial charge on any atom is -0.316 e. The molecule has 0 radical (unpaired) electrons. The molecular formula is C15H18N2. The van der Waals surface area contributed by atoms with Gasteiger partial charge in [0.25, 0.3) is 0 Å². The summed E-state index contributed by atoms with van der Waals surface area (Å²) in [6.07, 6.45) is 5.85. The zero-order valence-corrected chi connectivity index (χ0v) is 10.0. The highest BCUT2D eigenvalue weighted by molar-refractivity contribution is 5.78. The first-order valence-electron chi connectivity index (χ1n) is 6.46. The number of piperidine rings is 1. The Kier molecular flexibility index (Phi) is 3.06. The molecule has 3 rings (SSSR count). The molecule has 0 bridgehead atoms. The first-order valence-corrected chi connectivity index (χ1v) is 6.46. The molecule has 2 nitrogen and oxygen atoms in total. The molecule has 0 saturated carbocycles. The van der Waals surface area contributed by atoms with Gasteiger partial charge in [0, 0.05) is 11.6 Å². The molecule has 1 aliphatic rings. The van der Waals surface area contributed by atoms with Crippen LogP contribution in [0.25, 0.3) is 10.9 Å². The first kappa shape index (κ1) is 10.7. The molecule has 0 aliphatic carbocycles. The molecule has 1 fully saturated rings. The van der Waals surface area contributed by atoms with Crippen LogP contribution in [0.5, 0.6) is 0 Å². The molecule has 88 valence electrons. The predicted octanol–water partition coefficient (Wildman–Crippen LogP) is 2.78. The fourth-order valence-corrected chi connectivity index (χ4v) is 2.66. The molecule has 1 aliphatic heterocycles. The van der Waals surface area contributed by atoms with Crippen molar-refractivity contribution in [3.8, 4) is 0 Å². The Hall–Kier alpha value is -1.41. The van der Waals surface area contributed by atoms with E-state index in [2.05, 4.69) is 34.6 Å². The van der Waals surface area contributed by atoms with Crippen molar-refractivity contribution in [1.29, 1.82) is 0 Å². The zero-order valence-electron chi connectivity index (χ0n) is 10.0. The van der Waals surface area contributed by atoms with E-state index < -0.39 is 0 Å². The second-order valence-electron chi connectivity index (χ2n) is 4.95. The molecule has 1 N–H and O–H groups in total. The van der Waals surface area contributed by atoms with Gasteiger partial charge in [-0.05, 0) is 56.0 Å². The van der Waals surface area contributed by atoms with Crippen LogP contribution in [0.3, 0.4) is 0 Å². The van der Waals surface area contributed by atoms with Gasteiger partial charge in [-0.15, -0.1) is 0 Å². The lowest BCUT2D eigenvalue weighted by Gasteiger charge is -2.22. The lowest BCUT2D eigenvalue weighted by atomic mass is 9.92. The fourth-order valence-electron chi connectivity index (χ4n) is 2.66. The molecule has 17 heavy (non-hydrogen) atoms. The third-order valence-electron chi connectivity index (χ3n) is 3.57. The van der Waals surface area contributed by atoms with E-state index in [1.807, 2.05) is 12.3 Å². The molecule has 1 atom stereocenters. The summed E-state index contributed by atoms with van der Waals surface area (Å²) in [6, 6.07) is 10.6. The van der Waals surface area contributed by atoms with Gasteiger partial charge < -0.3 is 5.32 Å². The van der Waals surface area contributed by atoms with Crippen LogP contribution in [0.1, 0.15) is 18.4 Å².